The number of aromatic nitrogens is 1. The average Bonchev–Trinajstić information content (AvgIpc) is 2.97. The van der Waals surface area contributed by atoms with Crippen molar-refractivity contribution < 1.29 is 4.79 Å². The Bertz CT molecular complexity index is 653. The van der Waals surface area contributed by atoms with E-state index >= 15 is 0 Å². The fourth-order valence-corrected chi connectivity index (χ4v) is 3.24. The van der Waals surface area contributed by atoms with E-state index in [4.69, 9.17) is 0 Å². The zero-order chi connectivity index (χ0) is 15.5. The first-order valence-electron chi connectivity index (χ1n) is 8.22. The van der Waals surface area contributed by atoms with E-state index in [0.717, 1.165) is 39.1 Å². The van der Waals surface area contributed by atoms with Gasteiger partial charge in [0.1, 0.15) is 0 Å². The highest BCUT2D eigenvalue weighted by Gasteiger charge is 2.18. The molecule has 3 rings (SSSR count). The quantitative estimate of drug-likeness (QED) is 0.867. The van der Waals surface area contributed by atoms with E-state index in [0.29, 0.717) is 12.3 Å². The molecule has 4 heteroatoms. The number of rotatable bonds is 4. The number of hydrogen-bond acceptors (Lipinski definition) is 2. The highest BCUT2D eigenvalue weighted by atomic mass is 16.2. The lowest BCUT2D eigenvalue weighted by Gasteiger charge is -2.32. The average molecular weight is 299 g/mol. The molecule has 0 N–H and O–H groups in total. The van der Waals surface area contributed by atoms with Gasteiger partial charge in [0.05, 0.1) is 0 Å². The van der Waals surface area contributed by atoms with Crippen LogP contribution in [0.5, 0.6) is 0 Å². The van der Waals surface area contributed by atoms with Crippen LogP contribution in [-0.4, -0.2) is 53.5 Å². The van der Waals surface area contributed by atoms with E-state index in [2.05, 4.69) is 53.9 Å². The number of benzene rings is 1. The van der Waals surface area contributed by atoms with E-state index in [9.17, 15) is 4.79 Å². The minimum atomic E-state index is 0.292. The lowest BCUT2D eigenvalue weighted by molar-refractivity contribution is -0.132. The first-order valence-corrected chi connectivity index (χ1v) is 8.22. The number of nitrogens with zero attached hydrogens (tertiary/aromatic N) is 3. The van der Waals surface area contributed by atoms with Crippen LogP contribution in [0.15, 0.2) is 30.5 Å². The first kappa shape index (κ1) is 15.1. The number of aryl methyl sites for hydroxylation is 2. The van der Waals surface area contributed by atoms with Crippen LogP contribution in [0.3, 0.4) is 0 Å². The molecule has 1 amide bonds. The molecular formula is C18H25N3O. The number of hydrogen-bond donors (Lipinski definition) is 0. The van der Waals surface area contributed by atoms with Crippen molar-refractivity contribution in [1.29, 1.82) is 0 Å². The second kappa shape index (κ2) is 6.53. The summed E-state index contributed by atoms with van der Waals surface area (Å²) in [5, 5.41) is 1.29. The lowest BCUT2D eigenvalue weighted by atomic mass is 10.0. The maximum absolute atomic E-state index is 12.4. The molecule has 118 valence electrons. The van der Waals surface area contributed by atoms with Crippen LogP contribution in [0.25, 0.3) is 10.9 Å². The molecule has 1 aliphatic heterocycles. The van der Waals surface area contributed by atoms with Gasteiger partial charge in [-0.3, -0.25) is 4.79 Å². The van der Waals surface area contributed by atoms with Crippen molar-refractivity contribution in [2.75, 3.05) is 33.2 Å². The number of carbonyl (C=O) groups excluding carboxylic acids is 1. The second-order valence-corrected chi connectivity index (χ2v) is 6.14. The number of likely N-dealkylation sites (N-methyl/N-ethyl adjacent to an activating group) is 1. The van der Waals surface area contributed by atoms with Crippen LogP contribution >= 0.6 is 0 Å². The van der Waals surface area contributed by atoms with Gasteiger partial charge in [-0.05, 0) is 38.1 Å². The minimum Gasteiger partial charge on any atom is -0.348 e. The normalized spacial score (nSPS) is 16.4. The van der Waals surface area contributed by atoms with Gasteiger partial charge in [0.2, 0.25) is 5.91 Å². The molecule has 0 radical (unpaired) electrons. The van der Waals surface area contributed by atoms with Crippen LogP contribution in [0.4, 0.5) is 0 Å². The van der Waals surface area contributed by atoms with Crippen LogP contribution in [0.1, 0.15) is 18.9 Å². The van der Waals surface area contributed by atoms with Gasteiger partial charge in [0, 0.05) is 56.2 Å². The van der Waals surface area contributed by atoms with Gasteiger partial charge >= 0.3 is 0 Å². The summed E-state index contributed by atoms with van der Waals surface area (Å²) in [5.74, 6) is 0.292. The Morgan fingerprint density at radius 1 is 1.14 bits per heavy atom. The monoisotopic (exact) mass is 299 g/mol. The Labute approximate surface area is 132 Å². The van der Waals surface area contributed by atoms with Crippen LogP contribution in [0.2, 0.25) is 0 Å². The predicted octanol–water partition coefficient (Wildman–Crippen LogP) is 2.37. The molecule has 0 saturated carbocycles. The standard InChI is InChI=1S/C18H25N3O/c1-3-20-10-9-16-15(5-4-6-17(16)20)7-8-18(22)21-13-11-19(2)12-14-21/h4-6,9-10H,3,7-8,11-14H2,1-2H3. The zero-order valence-corrected chi connectivity index (χ0v) is 13.6. The van der Waals surface area contributed by atoms with E-state index in [1.54, 1.807) is 0 Å². The van der Waals surface area contributed by atoms with E-state index in [-0.39, 0.29) is 0 Å². The van der Waals surface area contributed by atoms with Crippen molar-refractivity contribution >= 4 is 16.8 Å². The molecule has 0 spiro atoms. The molecule has 1 aliphatic rings. The van der Waals surface area contributed by atoms with Gasteiger partial charge in [-0.25, -0.2) is 0 Å². The topological polar surface area (TPSA) is 28.5 Å². The van der Waals surface area contributed by atoms with Crippen molar-refractivity contribution in [3.05, 3.63) is 36.0 Å². The minimum absolute atomic E-state index is 0.292. The molecule has 4 nitrogen and oxygen atoms in total. The van der Waals surface area contributed by atoms with E-state index < -0.39 is 0 Å². The molecular weight excluding hydrogens is 274 g/mol. The predicted molar refractivity (Wildman–Crippen MR) is 90.0 cm³/mol. The van der Waals surface area contributed by atoms with Crippen LogP contribution in [-0.2, 0) is 17.8 Å². The van der Waals surface area contributed by atoms with Crippen molar-refractivity contribution in [2.45, 2.75) is 26.3 Å². The number of amides is 1. The van der Waals surface area contributed by atoms with E-state index in [1.807, 2.05) is 4.90 Å². The van der Waals surface area contributed by atoms with Crippen molar-refractivity contribution in [2.24, 2.45) is 0 Å². The van der Waals surface area contributed by atoms with Gasteiger partial charge in [-0.2, -0.15) is 0 Å². The summed E-state index contributed by atoms with van der Waals surface area (Å²) in [7, 11) is 2.11. The van der Waals surface area contributed by atoms with E-state index in [1.165, 1.54) is 16.5 Å². The molecule has 0 unspecified atom stereocenters. The van der Waals surface area contributed by atoms with Crippen LogP contribution in [0, 0.1) is 0 Å². The second-order valence-electron chi connectivity index (χ2n) is 6.14. The third-order valence-electron chi connectivity index (χ3n) is 4.71. The van der Waals surface area contributed by atoms with Gasteiger partial charge in [-0.15, -0.1) is 0 Å². The molecule has 1 fully saturated rings. The summed E-state index contributed by atoms with van der Waals surface area (Å²) >= 11 is 0. The molecule has 0 atom stereocenters. The van der Waals surface area contributed by atoms with Crippen LogP contribution < -0.4 is 0 Å². The van der Waals surface area contributed by atoms with Crippen molar-refractivity contribution in [3.8, 4) is 0 Å². The Morgan fingerprint density at radius 2 is 1.91 bits per heavy atom. The zero-order valence-electron chi connectivity index (χ0n) is 13.6. The Hall–Kier alpha value is -1.81. The number of fused-ring (bicyclic) bond motifs is 1. The van der Waals surface area contributed by atoms with Gasteiger partial charge < -0.3 is 14.4 Å². The fraction of sp³-hybridized carbons (Fsp3) is 0.500. The summed E-state index contributed by atoms with van der Waals surface area (Å²) in [6.07, 6.45) is 3.58. The third kappa shape index (κ3) is 3.02. The van der Waals surface area contributed by atoms with Gasteiger partial charge in [-0.1, -0.05) is 12.1 Å². The third-order valence-corrected chi connectivity index (χ3v) is 4.71. The number of piperazine rings is 1. The highest BCUT2D eigenvalue weighted by molar-refractivity contribution is 5.84. The molecule has 1 aromatic heterocycles. The molecule has 1 aromatic carbocycles. The Balaban J connectivity index is 1.66. The molecule has 0 bridgehead atoms. The Morgan fingerprint density at radius 3 is 2.64 bits per heavy atom. The summed E-state index contributed by atoms with van der Waals surface area (Å²) < 4.78 is 2.25. The largest absolute Gasteiger partial charge is 0.348 e. The maximum Gasteiger partial charge on any atom is 0.222 e. The molecule has 22 heavy (non-hydrogen) atoms. The summed E-state index contributed by atoms with van der Waals surface area (Å²) in [6.45, 7) is 6.84. The van der Waals surface area contributed by atoms with Crippen molar-refractivity contribution in [1.82, 2.24) is 14.4 Å². The van der Waals surface area contributed by atoms with Gasteiger partial charge in [0.15, 0.2) is 0 Å². The highest BCUT2D eigenvalue weighted by Crippen LogP contribution is 2.21. The smallest absolute Gasteiger partial charge is 0.222 e. The fourth-order valence-electron chi connectivity index (χ4n) is 3.24. The molecule has 1 saturated heterocycles. The summed E-state index contributed by atoms with van der Waals surface area (Å²) in [5.41, 5.74) is 2.55. The lowest BCUT2D eigenvalue weighted by Crippen LogP contribution is -2.47. The maximum atomic E-state index is 12.4. The number of carbonyl (C=O) groups is 1. The first-order chi connectivity index (χ1) is 10.7. The Kier molecular flexibility index (Phi) is 4.48. The van der Waals surface area contributed by atoms with Gasteiger partial charge in [0.25, 0.3) is 0 Å². The molecule has 2 aromatic rings. The molecule has 2 heterocycles. The molecule has 0 aliphatic carbocycles. The SMILES string of the molecule is CCn1ccc2c(CCC(=O)N3CCN(C)CC3)cccc21. The summed E-state index contributed by atoms with van der Waals surface area (Å²) in [6, 6.07) is 8.59. The van der Waals surface area contributed by atoms with Crippen molar-refractivity contribution in [3.63, 3.8) is 0 Å². The summed E-state index contributed by atoms with van der Waals surface area (Å²) in [4.78, 5) is 16.7.